The fourth-order valence-corrected chi connectivity index (χ4v) is 1.46. The monoisotopic (exact) mass is 259 g/mol. The average Bonchev–Trinajstić information content (AvgIpc) is 2.32. The summed E-state index contributed by atoms with van der Waals surface area (Å²) in [6.45, 7) is 3.33. The van der Waals surface area contributed by atoms with Crippen LogP contribution in [0.4, 0.5) is 0 Å². The van der Waals surface area contributed by atoms with Gasteiger partial charge in [0, 0.05) is 13.3 Å². The zero-order chi connectivity index (χ0) is 14.0. The van der Waals surface area contributed by atoms with E-state index in [1.54, 1.807) is 6.92 Å². The van der Waals surface area contributed by atoms with Crippen LogP contribution in [0, 0.1) is 0 Å². The van der Waals surface area contributed by atoms with Gasteiger partial charge in [0.15, 0.2) is 0 Å². The normalized spacial score (nSPS) is 11.5. The third-order valence-corrected chi connectivity index (χ3v) is 2.30. The SMILES string of the molecule is CCOC(=O)[C@@H](CCCCC(=O)OC)NC(C)=O. The molecule has 0 aromatic heterocycles. The molecule has 0 aromatic rings. The Labute approximate surface area is 107 Å². The van der Waals surface area contributed by atoms with E-state index in [-0.39, 0.29) is 18.5 Å². The number of ether oxygens (including phenoxy) is 2. The Morgan fingerprint density at radius 2 is 1.89 bits per heavy atom. The Bertz CT molecular complexity index is 290. The molecule has 6 heteroatoms. The lowest BCUT2D eigenvalue weighted by Gasteiger charge is -2.15. The van der Waals surface area contributed by atoms with E-state index in [1.807, 2.05) is 0 Å². The van der Waals surface area contributed by atoms with E-state index >= 15 is 0 Å². The quantitative estimate of drug-likeness (QED) is 0.514. The van der Waals surface area contributed by atoms with Crippen molar-refractivity contribution in [3.05, 3.63) is 0 Å². The largest absolute Gasteiger partial charge is 0.469 e. The van der Waals surface area contributed by atoms with Crippen molar-refractivity contribution in [1.82, 2.24) is 5.32 Å². The van der Waals surface area contributed by atoms with Gasteiger partial charge in [-0.25, -0.2) is 4.79 Å². The van der Waals surface area contributed by atoms with Gasteiger partial charge in [0.25, 0.3) is 0 Å². The highest BCUT2D eigenvalue weighted by molar-refractivity contribution is 5.83. The molecular weight excluding hydrogens is 238 g/mol. The summed E-state index contributed by atoms with van der Waals surface area (Å²) in [6.07, 6.45) is 2.02. The van der Waals surface area contributed by atoms with Gasteiger partial charge in [0.2, 0.25) is 5.91 Å². The van der Waals surface area contributed by atoms with Gasteiger partial charge in [-0.15, -0.1) is 0 Å². The van der Waals surface area contributed by atoms with E-state index in [0.717, 1.165) is 0 Å². The minimum atomic E-state index is -0.639. The molecule has 1 N–H and O–H groups in total. The van der Waals surface area contributed by atoms with E-state index in [2.05, 4.69) is 10.1 Å². The number of unbranched alkanes of at least 4 members (excludes halogenated alkanes) is 1. The number of amides is 1. The lowest BCUT2D eigenvalue weighted by atomic mass is 10.1. The summed E-state index contributed by atoms with van der Waals surface area (Å²) in [5, 5.41) is 2.54. The number of hydrogen-bond donors (Lipinski definition) is 1. The van der Waals surface area contributed by atoms with E-state index in [1.165, 1.54) is 14.0 Å². The maximum absolute atomic E-state index is 11.5. The second-order valence-electron chi connectivity index (χ2n) is 3.83. The van der Waals surface area contributed by atoms with E-state index in [0.29, 0.717) is 25.7 Å². The van der Waals surface area contributed by atoms with Gasteiger partial charge >= 0.3 is 11.9 Å². The van der Waals surface area contributed by atoms with Crippen LogP contribution in [0.15, 0.2) is 0 Å². The lowest BCUT2D eigenvalue weighted by Crippen LogP contribution is -2.40. The molecule has 0 unspecified atom stereocenters. The first-order valence-corrected chi connectivity index (χ1v) is 6.01. The fraction of sp³-hybridized carbons (Fsp3) is 0.750. The lowest BCUT2D eigenvalue weighted by molar-refractivity contribution is -0.147. The predicted octanol–water partition coefficient (Wildman–Crippen LogP) is 0.788. The van der Waals surface area contributed by atoms with Crippen molar-refractivity contribution in [1.29, 1.82) is 0 Å². The number of esters is 2. The van der Waals surface area contributed by atoms with Crippen molar-refractivity contribution >= 4 is 17.8 Å². The van der Waals surface area contributed by atoms with Crippen LogP contribution in [-0.2, 0) is 23.9 Å². The van der Waals surface area contributed by atoms with Crippen LogP contribution in [0.1, 0.15) is 39.5 Å². The molecule has 0 saturated heterocycles. The molecule has 0 bridgehead atoms. The number of nitrogens with one attached hydrogen (secondary N) is 1. The highest BCUT2D eigenvalue weighted by atomic mass is 16.5. The van der Waals surface area contributed by atoms with Crippen molar-refractivity contribution in [2.24, 2.45) is 0 Å². The van der Waals surface area contributed by atoms with Gasteiger partial charge in [0.1, 0.15) is 6.04 Å². The van der Waals surface area contributed by atoms with Gasteiger partial charge in [0.05, 0.1) is 13.7 Å². The van der Waals surface area contributed by atoms with E-state index < -0.39 is 12.0 Å². The minimum Gasteiger partial charge on any atom is -0.469 e. The van der Waals surface area contributed by atoms with Crippen molar-refractivity contribution in [2.45, 2.75) is 45.6 Å². The molecule has 0 radical (unpaired) electrons. The molecule has 0 heterocycles. The number of carbonyl (C=O) groups excluding carboxylic acids is 3. The summed E-state index contributed by atoms with van der Waals surface area (Å²) >= 11 is 0. The highest BCUT2D eigenvalue weighted by Gasteiger charge is 2.20. The van der Waals surface area contributed by atoms with Crippen LogP contribution in [0.5, 0.6) is 0 Å². The molecule has 1 atom stereocenters. The summed E-state index contributed by atoms with van der Waals surface area (Å²) in [5.41, 5.74) is 0. The van der Waals surface area contributed by atoms with Crippen LogP contribution in [0.2, 0.25) is 0 Å². The van der Waals surface area contributed by atoms with Crippen LogP contribution < -0.4 is 5.32 Å². The molecule has 0 aliphatic carbocycles. The third-order valence-electron chi connectivity index (χ3n) is 2.30. The zero-order valence-corrected chi connectivity index (χ0v) is 11.2. The highest BCUT2D eigenvalue weighted by Crippen LogP contribution is 2.06. The Balaban J connectivity index is 4.04. The molecule has 0 aromatic carbocycles. The molecule has 1 amide bonds. The molecule has 0 rings (SSSR count). The molecule has 0 aliphatic rings. The molecule has 0 saturated carbocycles. The molecular formula is C12H21NO5. The Morgan fingerprint density at radius 1 is 1.22 bits per heavy atom. The molecule has 18 heavy (non-hydrogen) atoms. The van der Waals surface area contributed by atoms with Crippen molar-refractivity contribution in [2.75, 3.05) is 13.7 Å². The second kappa shape index (κ2) is 9.44. The molecule has 104 valence electrons. The minimum absolute atomic E-state index is 0.275. The van der Waals surface area contributed by atoms with Crippen LogP contribution >= 0.6 is 0 Å². The maximum atomic E-state index is 11.5. The van der Waals surface area contributed by atoms with Gasteiger partial charge in [-0.05, 0) is 19.8 Å². The van der Waals surface area contributed by atoms with Crippen LogP contribution in [0.3, 0.4) is 0 Å². The number of carbonyl (C=O) groups is 3. The summed E-state index contributed by atoms with van der Waals surface area (Å²) < 4.78 is 9.37. The van der Waals surface area contributed by atoms with E-state index in [4.69, 9.17) is 4.74 Å². The predicted molar refractivity (Wildman–Crippen MR) is 64.7 cm³/mol. The second-order valence-corrected chi connectivity index (χ2v) is 3.83. The summed E-state index contributed by atoms with van der Waals surface area (Å²) in [4.78, 5) is 33.4. The van der Waals surface area contributed by atoms with Crippen LogP contribution in [0.25, 0.3) is 0 Å². The van der Waals surface area contributed by atoms with Crippen molar-refractivity contribution in [3.8, 4) is 0 Å². The number of methoxy groups -OCH3 is 1. The number of rotatable bonds is 8. The fourth-order valence-electron chi connectivity index (χ4n) is 1.46. The standard InChI is InChI=1S/C12H21NO5/c1-4-18-12(16)10(13-9(2)14)7-5-6-8-11(15)17-3/h10H,4-8H2,1-3H3,(H,13,14)/t10-/m1/s1. The molecule has 6 nitrogen and oxygen atoms in total. The van der Waals surface area contributed by atoms with Crippen LogP contribution in [-0.4, -0.2) is 37.6 Å². The molecule has 0 spiro atoms. The first kappa shape index (κ1) is 16.4. The van der Waals surface area contributed by atoms with Crippen molar-refractivity contribution in [3.63, 3.8) is 0 Å². The smallest absolute Gasteiger partial charge is 0.328 e. The Kier molecular flexibility index (Phi) is 8.61. The maximum Gasteiger partial charge on any atom is 0.328 e. The summed E-state index contributed by atoms with van der Waals surface area (Å²) in [7, 11) is 1.33. The first-order valence-electron chi connectivity index (χ1n) is 6.01. The zero-order valence-electron chi connectivity index (χ0n) is 11.2. The van der Waals surface area contributed by atoms with Gasteiger partial charge < -0.3 is 14.8 Å². The average molecular weight is 259 g/mol. The molecule has 0 fully saturated rings. The topological polar surface area (TPSA) is 81.7 Å². The van der Waals surface area contributed by atoms with Gasteiger partial charge in [-0.3, -0.25) is 9.59 Å². The summed E-state index contributed by atoms with van der Waals surface area (Å²) in [6, 6.07) is -0.639. The van der Waals surface area contributed by atoms with Gasteiger partial charge in [-0.1, -0.05) is 6.42 Å². The van der Waals surface area contributed by atoms with Gasteiger partial charge in [-0.2, -0.15) is 0 Å². The van der Waals surface area contributed by atoms with E-state index in [9.17, 15) is 14.4 Å². The third kappa shape index (κ3) is 7.65. The van der Waals surface area contributed by atoms with Crippen molar-refractivity contribution < 1.29 is 23.9 Å². The Morgan fingerprint density at radius 3 is 2.39 bits per heavy atom. The Hall–Kier alpha value is -1.59. The summed E-state index contributed by atoms with van der Waals surface area (Å²) in [5.74, 6) is -0.992. The molecule has 0 aliphatic heterocycles. The first-order chi connectivity index (χ1) is 8.51. The number of hydrogen-bond acceptors (Lipinski definition) is 5.